The molecule has 0 saturated carbocycles. The minimum atomic E-state index is -0.417. The van der Waals surface area contributed by atoms with E-state index in [2.05, 4.69) is 6.58 Å². The molecular weight excluding hydrogens is 190 g/mol. The molecule has 0 spiro atoms. The second-order valence-electron chi connectivity index (χ2n) is 5.18. The minimum Gasteiger partial charge on any atom is -0.444 e. The summed E-state index contributed by atoms with van der Waals surface area (Å²) < 4.78 is 5.35. The first-order valence-corrected chi connectivity index (χ1v) is 5.46. The first-order valence-electron chi connectivity index (χ1n) is 5.46. The Bertz CT molecular complexity index is 265. The van der Waals surface area contributed by atoms with Crippen molar-refractivity contribution in [2.24, 2.45) is 0 Å². The lowest BCUT2D eigenvalue weighted by atomic mass is 10.1. The van der Waals surface area contributed by atoms with Crippen molar-refractivity contribution in [1.82, 2.24) is 4.90 Å². The summed E-state index contributed by atoms with van der Waals surface area (Å²) in [6, 6.07) is 0.167. The summed E-state index contributed by atoms with van der Waals surface area (Å²) in [4.78, 5) is 13.6. The number of hydrogen-bond acceptors (Lipinski definition) is 2. The maximum Gasteiger partial charge on any atom is 0.410 e. The number of rotatable bonds is 1. The molecule has 86 valence electrons. The molecule has 1 aliphatic heterocycles. The predicted octanol–water partition coefficient (Wildman–Crippen LogP) is 2.96. The average molecular weight is 211 g/mol. The fourth-order valence-corrected chi connectivity index (χ4v) is 1.82. The standard InChI is InChI=1S/C12H21NO2/c1-9(2)10-7-6-8-13(10)11(14)15-12(3,4)5/h10H,1,6-8H2,2-5H3/t10-/m0/s1. The van der Waals surface area contributed by atoms with Gasteiger partial charge in [-0.1, -0.05) is 12.2 Å². The van der Waals surface area contributed by atoms with E-state index in [0.717, 1.165) is 25.0 Å². The Hall–Kier alpha value is -0.990. The van der Waals surface area contributed by atoms with Gasteiger partial charge in [-0.05, 0) is 40.5 Å². The molecule has 0 aromatic rings. The normalized spacial score (nSPS) is 21.6. The van der Waals surface area contributed by atoms with Crippen LogP contribution in [-0.4, -0.2) is 29.2 Å². The highest BCUT2D eigenvalue weighted by Crippen LogP contribution is 2.24. The zero-order chi connectivity index (χ0) is 11.6. The molecule has 1 saturated heterocycles. The van der Waals surface area contributed by atoms with Crippen LogP contribution >= 0.6 is 0 Å². The van der Waals surface area contributed by atoms with Gasteiger partial charge >= 0.3 is 6.09 Å². The maximum atomic E-state index is 11.8. The van der Waals surface area contributed by atoms with E-state index in [9.17, 15) is 4.79 Å². The molecule has 0 aromatic heterocycles. The summed E-state index contributed by atoms with van der Waals surface area (Å²) in [7, 11) is 0. The molecule has 1 heterocycles. The Kier molecular flexibility index (Phi) is 3.42. The monoisotopic (exact) mass is 211 g/mol. The Morgan fingerprint density at radius 1 is 1.47 bits per heavy atom. The summed E-state index contributed by atoms with van der Waals surface area (Å²) in [5.74, 6) is 0. The zero-order valence-corrected chi connectivity index (χ0v) is 10.2. The van der Waals surface area contributed by atoms with Crippen LogP contribution in [0.25, 0.3) is 0 Å². The van der Waals surface area contributed by atoms with Gasteiger partial charge in [-0.3, -0.25) is 0 Å². The van der Waals surface area contributed by atoms with Gasteiger partial charge in [0.2, 0.25) is 0 Å². The first kappa shape index (κ1) is 12.1. The van der Waals surface area contributed by atoms with E-state index < -0.39 is 5.60 Å². The fourth-order valence-electron chi connectivity index (χ4n) is 1.82. The topological polar surface area (TPSA) is 29.5 Å². The molecule has 1 fully saturated rings. The summed E-state index contributed by atoms with van der Waals surface area (Å²) in [6.07, 6.45) is 1.83. The lowest BCUT2D eigenvalue weighted by Crippen LogP contribution is -2.40. The van der Waals surface area contributed by atoms with Crippen molar-refractivity contribution in [2.75, 3.05) is 6.54 Å². The quantitative estimate of drug-likeness (QED) is 0.624. The molecule has 3 nitrogen and oxygen atoms in total. The van der Waals surface area contributed by atoms with Gasteiger partial charge in [0.05, 0.1) is 6.04 Å². The van der Waals surface area contributed by atoms with Crippen molar-refractivity contribution in [2.45, 2.75) is 52.2 Å². The smallest absolute Gasteiger partial charge is 0.410 e. The van der Waals surface area contributed by atoms with Crippen LogP contribution in [0.4, 0.5) is 4.79 Å². The van der Waals surface area contributed by atoms with E-state index in [-0.39, 0.29) is 12.1 Å². The van der Waals surface area contributed by atoms with Crippen LogP contribution in [0, 0.1) is 0 Å². The highest BCUT2D eigenvalue weighted by Gasteiger charge is 2.32. The maximum absolute atomic E-state index is 11.8. The van der Waals surface area contributed by atoms with Crippen molar-refractivity contribution < 1.29 is 9.53 Å². The highest BCUT2D eigenvalue weighted by atomic mass is 16.6. The van der Waals surface area contributed by atoms with E-state index >= 15 is 0 Å². The molecule has 1 atom stereocenters. The highest BCUT2D eigenvalue weighted by molar-refractivity contribution is 5.69. The summed E-state index contributed by atoms with van der Waals surface area (Å²) >= 11 is 0. The molecule has 3 heteroatoms. The molecule has 0 bridgehead atoms. The van der Waals surface area contributed by atoms with E-state index in [4.69, 9.17) is 4.74 Å². The number of carbonyl (C=O) groups excluding carboxylic acids is 1. The Morgan fingerprint density at radius 3 is 2.53 bits per heavy atom. The summed E-state index contributed by atoms with van der Waals surface area (Å²) in [5.41, 5.74) is 0.623. The number of amides is 1. The fraction of sp³-hybridized carbons (Fsp3) is 0.750. The molecule has 1 rings (SSSR count). The van der Waals surface area contributed by atoms with Gasteiger partial charge < -0.3 is 9.64 Å². The van der Waals surface area contributed by atoms with Crippen molar-refractivity contribution in [3.05, 3.63) is 12.2 Å². The third-order valence-electron chi connectivity index (χ3n) is 2.45. The second kappa shape index (κ2) is 4.25. The largest absolute Gasteiger partial charge is 0.444 e. The molecule has 0 aromatic carbocycles. The summed E-state index contributed by atoms with van der Waals surface area (Å²) in [6.45, 7) is 12.3. The van der Waals surface area contributed by atoms with Gasteiger partial charge in [-0.2, -0.15) is 0 Å². The lowest BCUT2D eigenvalue weighted by molar-refractivity contribution is 0.0249. The van der Waals surface area contributed by atoms with E-state index in [1.165, 1.54) is 0 Å². The predicted molar refractivity (Wildman–Crippen MR) is 60.8 cm³/mol. The third-order valence-corrected chi connectivity index (χ3v) is 2.45. The average Bonchev–Trinajstić information content (AvgIpc) is 2.47. The minimum absolute atomic E-state index is 0.167. The Morgan fingerprint density at radius 2 is 2.07 bits per heavy atom. The Balaban J connectivity index is 2.63. The van der Waals surface area contributed by atoms with E-state index in [1.54, 1.807) is 4.90 Å². The van der Waals surface area contributed by atoms with Crippen molar-refractivity contribution in [3.63, 3.8) is 0 Å². The zero-order valence-electron chi connectivity index (χ0n) is 10.2. The van der Waals surface area contributed by atoms with Crippen LogP contribution < -0.4 is 0 Å². The molecular formula is C12H21NO2. The van der Waals surface area contributed by atoms with Gasteiger partial charge in [0.1, 0.15) is 5.60 Å². The SMILES string of the molecule is C=C(C)[C@@H]1CCCN1C(=O)OC(C)(C)C. The van der Waals surface area contributed by atoms with E-state index in [0.29, 0.717) is 0 Å². The number of nitrogens with zero attached hydrogens (tertiary/aromatic N) is 1. The number of ether oxygens (including phenoxy) is 1. The van der Waals surface area contributed by atoms with Crippen LogP contribution in [0.3, 0.4) is 0 Å². The molecule has 15 heavy (non-hydrogen) atoms. The molecule has 1 aliphatic rings. The second-order valence-corrected chi connectivity index (χ2v) is 5.18. The van der Waals surface area contributed by atoms with Crippen LogP contribution in [0.15, 0.2) is 12.2 Å². The van der Waals surface area contributed by atoms with Crippen LogP contribution in [0.1, 0.15) is 40.5 Å². The van der Waals surface area contributed by atoms with Gasteiger partial charge in [0.25, 0.3) is 0 Å². The van der Waals surface area contributed by atoms with Crippen LogP contribution in [0.5, 0.6) is 0 Å². The van der Waals surface area contributed by atoms with Gasteiger partial charge in [-0.25, -0.2) is 4.79 Å². The molecule has 0 radical (unpaired) electrons. The van der Waals surface area contributed by atoms with E-state index in [1.807, 2.05) is 27.7 Å². The molecule has 0 aliphatic carbocycles. The van der Waals surface area contributed by atoms with Crippen LogP contribution in [-0.2, 0) is 4.74 Å². The first-order chi connectivity index (χ1) is 6.81. The van der Waals surface area contributed by atoms with Crippen molar-refractivity contribution in [3.8, 4) is 0 Å². The van der Waals surface area contributed by atoms with Gasteiger partial charge in [0, 0.05) is 6.54 Å². The van der Waals surface area contributed by atoms with Crippen molar-refractivity contribution >= 4 is 6.09 Å². The number of hydrogen-bond donors (Lipinski definition) is 0. The molecule has 1 amide bonds. The Labute approximate surface area is 92.1 Å². The third kappa shape index (κ3) is 3.26. The van der Waals surface area contributed by atoms with Crippen LogP contribution in [0.2, 0.25) is 0 Å². The van der Waals surface area contributed by atoms with Crippen molar-refractivity contribution in [1.29, 1.82) is 0 Å². The summed E-state index contributed by atoms with van der Waals surface area (Å²) in [5, 5.41) is 0. The van der Waals surface area contributed by atoms with Gasteiger partial charge in [-0.15, -0.1) is 0 Å². The number of carbonyl (C=O) groups is 1. The molecule has 0 N–H and O–H groups in total. The lowest BCUT2D eigenvalue weighted by Gasteiger charge is -2.28. The number of likely N-dealkylation sites (tertiary alicyclic amines) is 1. The van der Waals surface area contributed by atoms with Gasteiger partial charge in [0.15, 0.2) is 0 Å². The molecule has 0 unspecified atom stereocenters.